The lowest BCUT2D eigenvalue weighted by Gasteiger charge is -2.34. The van der Waals surface area contributed by atoms with E-state index in [4.69, 9.17) is 4.74 Å². The second kappa shape index (κ2) is 6.17. The summed E-state index contributed by atoms with van der Waals surface area (Å²) in [4.78, 5) is 0. The maximum absolute atomic E-state index is 5.88. The minimum absolute atomic E-state index is 0.417. The molecule has 1 saturated heterocycles. The van der Waals surface area contributed by atoms with Crippen molar-refractivity contribution in [2.24, 2.45) is 5.92 Å². The van der Waals surface area contributed by atoms with Gasteiger partial charge in [-0.05, 0) is 61.6 Å². The van der Waals surface area contributed by atoms with Gasteiger partial charge in [-0.25, -0.2) is 0 Å². The SMILES string of the molecule is CC(C)C1CC(Nc2cccc3c2CCCC3)CCO1. The number of anilines is 1. The first kappa shape index (κ1) is 13.9. The summed E-state index contributed by atoms with van der Waals surface area (Å²) in [5.74, 6) is 0.615. The molecule has 3 rings (SSSR count). The second-order valence-electron chi connectivity index (χ2n) is 6.67. The summed E-state index contributed by atoms with van der Waals surface area (Å²) in [5, 5.41) is 3.81. The molecule has 1 N–H and O–H groups in total. The van der Waals surface area contributed by atoms with E-state index in [9.17, 15) is 0 Å². The van der Waals surface area contributed by atoms with E-state index < -0.39 is 0 Å². The van der Waals surface area contributed by atoms with Crippen molar-refractivity contribution in [1.29, 1.82) is 0 Å². The van der Waals surface area contributed by atoms with Gasteiger partial charge in [0.1, 0.15) is 0 Å². The highest BCUT2D eigenvalue weighted by atomic mass is 16.5. The van der Waals surface area contributed by atoms with E-state index in [1.54, 1.807) is 11.1 Å². The number of ether oxygens (including phenoxy) is 1. The summed E-state index contributed by atoms with van der Waals surface area (Å²) in [6, 6.07) is 7.36. The van der Waals surface area contributed by atoms with Gasteiger partial charge in [-0.2, -0.15) is 0 Å². The third kappa shape index (κ3) is 3.01. The van der Waals surface area contributed by atoms with Crippen LogP contribution in [0.3, 0.4) is 0 Å². The van der Waals surface area contributed by atoms with E-state index in [1.165, 1.54) is 31.4 Å². The number of aryl methyl sites for hydroxylation is 1. The molecule has 2 unspecified atom stereocenters. The Bertz CT molecular complexity index is 455. The molecular weight excluding hydrogens is 246 g/mol. The molecular formula is C18H27NO. The molecule has 0 bridgehead atoms. The van der Waals surface area contributed by atoms with Gasteiger partial charge in [-0.15, -0.1) is 0 Å². The quantitative estimate of drug-likeness (QED) is 0.892. The molecule has 0 amide bonds. The molecule has 1 aliphatic carbocycles. The molecule has 0 radical (unpaired) electrons. The molecule has 0 saturated carbocycles. The highest BCUT2D eigenvalue weighted by Crippen LogP contribution is 2.30. The number of fused-ring (bicyclic) bond motifs is 1. The van der Waals surface area contributed by atoms with Crippen LogP contribution in [0.1, 0.15) is 50.7 Å². The zero-order valence-corrected chi connectivity index (χ0v) is 12.8. The number of benzene rings is 1. The minimum atomic E-state index is 0.417. The fourth-order valence-corrected chi connectivity index (χ4v) is 3.56. The highest BCUT2D eigenvalue weighted by Gasteiger charge is 2.25. The number of nitrogens with one attached hydrogen (secondary N) is 1. The molecule has 110 valence electrons. The predicted molar refractivity (Wildman–Crippen MR) is 84.3 cm³/mol. The van der Waals surface area contributed by atoms with Crippen LogP contribution < -0.4 is 5.32 Å². The van der Waals surface area contributed by atoms with Crippen LogP contribution in [0.5, 0.6) is 0 Å². The fraction of sp³-hybridized carbons (Fsp3) is 0.667. The molecule has 2 heteroatoms. The fourth-order valence-electron chi connectivity index (χ4n) is 3.56. The highest BCUT2D eigenvalue weighted by molar-refractivity contribution is 5.56. The topological polar surface area (TPSA) is 21.3 Å². The van der Waals surface area contributed by atoms with Crippen molar-refractivity contribution in [3.63, 3.8) is 0 Å². The van der Waals surface area contributed by atoms with Crippen LogP contribution in [-0.2, 0) is 17.6 Å². The second-order valence-corrected chi connectivity index (χ2v) is 6.67. The summed E-state index contributed by atoms with van der Waals surface area (Å²) < 4.78 is 5.88. The first-order valence-corrected chi connectivity index (χ1v) is 8.23. The van der Waals surface area contributed by atoms with E-state index in [0.717, 1.165) is 19.4 Å². The predicted octanol–water partition coefficient (Wildman–Crippen LogP) is 4.18. The Morgan fingerprint density at radius 1 is 1.20 bits per heavy atom. The summed E-state index contributed by atoms with van der Waals surface area (Å²) in [5.41, 5.74) is 4.52. The molecule has 1 heterocycles. The number of rotatable bonds is 3. The standard InChI is InChI=1S/C18H27NO/c1-13(2)18-12-15(10-11-20-18)19-17-9-5-7-14-6-3-4-8-16(14)17/h5,7,9,13,15,18-19H,3-4,6,8,10-12H2,1-2H3. The lowest BCUT2D eigenvalue weighted by molar-refractivity contribution is -0.0160. The minimum Gasteiger partial charge on any atom is -0.382 e. The average Bonchev–Trinajstić information content (AvgIpc) is 2.48. The van der Waals surface area contributed by atoms with Gasteiger partial charge in [-0.1, -0.05) is 26.0 Å². The van der Waals surface area contributed by atoms with Crippen molar-refractivity contribution in [2.75, 3.05) is 11.9 Å². The largest absolute Gasteiger partial charge is 0.382 e. The maximum Gasteiger partial charge on any atom is 0.0617 e. The molecule has 20 heavy (non-hydrogen) atoms. The summed E-state index contributed by atoms with van der Waals surface area (Å²) in [6.45, 7) is 5.42. The summed E-state index contributed by atoms with van der Waals surface area (Å²) in [7, 11) is 0. The third-order valence-corrected chi connectivity index (χ3v) is 4.81. The Kier molecular flexibility index (Phi) is 4.30. The number of hydrogen-bond donors (Lipinski definition) is 1. The molecule has 0 spiro atoms. The van der Waals surface area contributed by atoms with Crippen molar-refractivity contribution in [3.05, 3.63) is 29.3 Å². The molecule has 1 aromatic rings. The van der Waals surface area contributed by atoms with Crippen LogP contribution in [-0.4, -0.2) is 18.8 Å². The Morgan fingerprint density at radius 3 is 2.90 bits per heavy atom. The van der Waals surface area contributed by atoms with E-state index >= 15 is 0 Å². The monoisotopic (exact) mass is 273 g/mol. The van der Waals surface area contributed by atoms with Gasteiger partial charge in [0.25, 0.3) is 0 Å². The Balaban J connectivity index is 1.71. The van der Waals surface area contributed by atoms with Crippen LogP contribution in [0.15, 0.2) is 18.2 Å². The summed E-state index contributed by atoms with van der Waals surface area (Å²) >= 11 is 0. The molecule has 1 aliphatic heterocycles. The van der Waals surface area contributed by atoms with Crippen LogP contribution in [0, 0.1) is 5.92 Å². The summed E-state index contributed by atoms with van der Waals surface area (Å²) in [6.07, 6.45) is 7.88. The lowest BCUT2D eigenvalue weighted by Crippen LogP contribution is -2.36. The molecule has 2 atom stereocenters. The van der Waals surface area contributed by atoms with Gasteiger partial charge in [0.2, 0.25) is 0 Å². The van der Waals surface area contributed by atoms with Gasteiger partial charge in [-0.3, -0.25) is 0 Å². The number of hydrogen-bond acceptors (Lipinski definition) is 2. The molecule has 0 aromatic heterocycles. The van der Waals surface area contributed by atoms with Crippen LogP contribution in [0.2, 0.25) is 0 Å². The maximum atomic E-state index is 5.88. The van der Waals surface area contributed by atoms with Crippen molar-refractivity contribution in [1.82, 2.24) is 0 Å². The zero-order chi connectivity index (χ0) is 13.9. The Labute approximate surface area is 122 Å². The van der Waals surface area contributed by atoms with E-state index in [-0.39, 0.29) is 0 Å². The average molecular weight is 273 g/mol. The van der Waals surface area contributed by atoms with Crippen molar-refractivity contribution in [2.45, 2.75) is 64.5 Å². The smallest absolute Gasteiger partial charge is 0.0617 e. The van der Waals surface area contributed by atoms with Crippen LogP contribution in [0.4, 0.5) is 5.69 Å². The van der Waals surface area contributed by atoms with E-state index in [0.29, 0.717) is 18.1 Å². The van der Waals surface area contributed by atoms with Gasteiger partial charge in [0.15, 0.2) is 0 Å². The first-order valence-electron chi connectivity index (χ1n) is 8.23. The van der Waals surface area contributed by atoms with Crippen LogP contribution in [0.25, 0.3) is 0 Å². The van der Waals surface area contributed by atoms with Gasteiger partial charge in [0.05, 0.1) is 6.10 Å². The van der Waals surface area contributed by atoms with Crippen molar-refractivity contribution in [3.8, 4) is 0 Å². The molecule has 2 aliphatic rings. The van der Waals surface area contributed by atoms with Crippen molar-refractivity contribution >= 4 is 5.69 Å². The van der Waals surface area contributed by atoms with Gasteiger partial charge in [0, 0.05) is 18.3 Å². The van der Waals surface area contributed by atoms with Crippen molar-refractivity contribution < 1.29 is 4.74 Å². The first-order chi connectivity index (χ1) is 9.74. The zero-order valence-electron chi connectivity index (χ0n) is 12.8. The van der Waals surface area contributed by atoms with Gasteiger partial charge < -0.3 is 10.1 Å². The lowest BCUT2D eigenvalue weighted by atomic mass is 9.89. The molecule has 1 fully saturated rings. The van der Waals surface area contributed by atoms with E-state index in [2.05, 4.69) is 37.4 Å². The van der Waals surface area contributed by atoms with Gasteiger partial charge >= 0.3 is 0 Å². The van der Waals surface area contributed by atoms with E-state index in [1.807, 2.05) is 0 Å². The molecule has 2 nitrogen and oxygen atoms in total. The van der Waals surface area contributed by atoms with Crippen LogP contribution >= 0.6 is 0 Å². The Morgan fingerprint density at radius 2 is 2.05 bits per heavy atom. The molecule has 1 aromatic carbocycles. The Hall–Kier alpha value is -1.02. The third-order valence-electron chi connectivity index (χ3n) is 4.81. The normalized spacial score (nSPS) is 26.4.